The Hall–Kier alpha value is -2.49. The van der Waals surface area contributed by atoms with Gasteiger partial charge in [0, 0.05) is 41.2 Å². The van der Waals surface area contributed by atoms with E-state index in [1.54, 1.807) is 49.4 Å². The highest BCUT2D eigenvalue weighted by Gasteiger charge is 2.28. The van der Waals surface area contributed by atoms with Crippen molar-refractivity contribution in [3.8, 4) is 5.75 Å². The third-order valence-corrected chi connectivity index (χ3v) is 8.05. The molecule has 2 aromatic carbocycles. The minimum Gasteiger partial charge on any atom is -0.494 e. The van der Waals surface area contributed by atoms with E-state index in [1.807, 2.05) is 20.8 Å². The van der Waals surface area contributed by atoms with E-state index in [0.29, 0.717) is 33.7 Å². The van der Waals surface area contributed by atoms with Gasteiger partial charge in [-0.3, -0.25) is 13.9 Å². The topological polar surface area (TPSA) is 96.0 Å². The first-order valence-corrected chi connectivity index (χ1v) is 15.2. The highest BCUT2D eigenvalue weighted by atomic mass is 35.5. The minimum absolute atomic E-state index is 0.0199. The van der Waals surface area contributed by atoms with Crippen LogP contribution in [0.3, 0.4) is 0 Å². The van der Waals surface area contributed by atoms with Gasteiger partial charge in [-0.25, -0.2) is 8.42 Å². The molecule has 2 amide bonds. The van der Waals surface area contributed by atoms with E-state index in [1.165, 1.54) is 9.21 Å². The van der Waals surface area contributed by atoms with Crippen molar-refractivity contribution in [2.45, 2.75) is 65.6 Å². The summed E-state index contributed by atoms with van der Waals surface area (Å²) in [5, 5.41) is 3.70. The predicted molar refractivity (Wildman–Crippen MR) is 153 cm³/mol. The fraction of sp³-hybridized carbons (Fsp3) is 0.481. The Morgan fingerprint density at radius 1 is 1.03 bits per heavy atom. The molecule has 2 rings (SSSR count). The standard InChI is InChI=1S/C27H37Cl2N3O5S/c1-6-19(3)30-27(34)20(4)31(18-23-24(28)10-8-11-25(23)29)26(33)12-9-17-32(38(5,35)36)21-13-15-22(16-14-21)37-7-2/h8,10-11,13-16,19-20H,6-7,9,12,17-18H2,1-5H3,(H,30,34)/t19-,20-/m0/s1. The maximum absolute atomic E-state index is 13.4. The highest BCUT2D eigenvalue weighted by Crippen LogP contribution is 2.27. The molecule has 1 N–H and O–H groups in total. The van der Waals surface area contributed by atoms with E-state index in [-0.39, 0.29) is 43.8 Å². The van der Waals surface area contributed by atoms with E-state index < -0.39 is 16.1 Å². The summed E-state index contributed by atoms with van der Waals surface area (Å²) in [5.41, 5.74) is 1.02. The smallest absolute Gasteiger partial charge is 0.242 e. The lowest BCUT2D eigenvalue weighted by atomic mass is 10.1. The summed E-state index contributed by atoms with van der Waals surface area (Å²) in [7, 11) is -3.60. The summed E-state index contributed by atoms with van der Waals surface area (Å²) < 4.78 is 31.7. The number of carbonyl (C=O) groups is 2. The lowest BCUT2D eigenvalue weighted by molar-refractivity contribution is -0.140. The molecule has 11 heteroatoms. The third-order valence-electron chi connectivity index (χ3n) is 6.15. The molecule has 8 nitrogen and oxygen atoms in total. The first kappa shape index (κ1) is 31.7. The van der Waals surface area contributed by atoms with Crippen LogP contribution in [0.2, 0.25) is 10.0 Å². The number of carbonyl (C=O) groups excluding carboxylic acids is 2. The number of nitrogens with one attached hydrogen (secondary N) is 1. The highest BCUT2D eigenvalue weighted by molar-refractivity contribution is 7.92. The number of nitrogens with zero attached hydrogens (tertiary/aromatic N) is 2. The molecular weight excluding hydrogens is 549 g/mol. The molecule has 0 aliphatic heterocycles. The van der Waals surface area contributed by atoms with Crippen LogP contribution < -0.4 is 14.4 Å². The van der Waals surface area contributed by atoms with Crippen molar-refractivity contribution in [1.29, 1.82) is 0 Å². The molecule has 210 valence electrons. The van der Waals surface area contributed by atoms with Crippen molar-refractivity contribution in [1.82, 2.24) is 10.2 Å². The predicted octanol–water partition coefficient (Wildman–Crippen LogP) is 5.27. The van der Waals surface area contributed by atoms with Gasteiger partial charge >= 0.3 is 0 Å². The quantitative estimate of drug-likeness (QED) is 0.326. The van der Waals surface area contributed by atoms with Crippen LogP contribution >= 0.6 is 23.2 Å². The molecule has 38 heavy (non-hydrogen) atoms. The number of halogens is 2. The first-order chi connectivity index (χ1) is 17.9. The molecule has 0 saturated carbocycles. The van der Waals surface area contributed by atoms with Crippen LogP contribution in [0, 0.1) is 0 Å². The monoisotopic (exact) mass is 585 g/mol. The number of rotatable bonds is 14. The summed E-state index contributed by atoms with van der Waals surface area (Å²) in [5.74, 6) is 0.0365. The zero-order valence-corrected chi connectivity index (χ0v) is 24.9. The second-order valence-electron chi connectivity index (χ2n) is 9.08. The van der Waals surface area contributed by atoms with Gasteiger partial charge in [0.1, 0.15) is 11.8 Å². The molecule has 0 aliphatic rings. The molecule has 0 aromatic heterocycles. The summed E-state index contributed by atoms with van der Waals surface area (Å²) in [4.78, 5) is 27.8. The Balaban J connectivity index is 2.21. The Labute approximate surface area is 236 Å². The summed E-state index contributed by atoms with van der Waals surface area (Å²) in [6, 6.07) is 11.0. The van der Waals surface area contributed by atoms with E-state index in [4.69, 9.17) is 27.9 Å². The lowest BCUT2D eigenvalue weighted by Gasteiger charge is -2.30. The Morgan fingerprint density at radius 2 is 1.63 bits per heavy atom. The van der Waals surface area contributed by atoms with Gasteiger partial charge in [-0.1, -0.05) is 36.2 Å². The SMILES string of the molecule is CCOc1ccc(N(CCCC(=O)N(Cc2c(Cl)cccc2Cl)[C@@H](C)C(=O)N[C@@H](C)CC)S(C)(=O)=O)cc1. The van der Waals surface area contributed by atoms with Gasteiger partial charge in [0.25, 0.3) is 0 Å². The van der Waals surface area contributed by atoms with Gasteiger partial charge in [-0.15, -0.1) is 0 Å². The molecule has 0 spiro atoms. The van der Waals surface area contributed by atoms with E-state index in [2.05, 4.69) is 5.32 Å². The zero-order chi connectivity index (χ0) is 28.5. The summed E-state index contributed by atoms with van der Waals surface area (Å²) in [6.45, 7) is 8.01. The van der Waals surface area contributed by atoms with Crippen molar-refractivity contribution in [2.75, 3.05) is 23.7 Å². The number of ether oxygens (including phenoxy) is 1. The third kappa shape index (κ3) is 9.06. The Morgan fingerprint density at radius 3 is 2.16 bits per heavy atom. The number of amides is 2. The maximum Gasteiger partial charge on any atom is 0.242 e. The molecule has 0 fully saturated rings. The van der Waals surface area contributed by atoms with Crippen LogP contribution in [0.5, 0.6) is 5.75 Å². The van der Waals surface area contributed by atoms with Gasteiger partial charge < -0.3 is 15.0 Å². The maximum atomic E-state index is 13.4. The molecule has 0 aliphatic carbocycles. The van der Waals surface area contributed by atoms with Gasteiger partial charge in [0.15, 0.2) is 0 Å². The van der Waals surface area contributed by atoms with E-state index >= 15 is 0 Å². The molecular formula is C27H37Cl2N3O5S. The normalized spacial score (nSPS) is 12.9. The Kier molecular flexibility index (Phi) is 12.2. The lowest BCUT2D eigenvalue weighted by Crippen LogP contribution is -2.49. The van der Waals surface area contributed by atoms with E-state index in [0.717, 1.165) is 12.7 Å². The summed E-state index contributed by atoms with van der Waals surface area (Å²) >= 11 is 12.7. The number of anilines is 1. The van der Waals surface area contributed by atoms with E-state index in [9.17, 15) is 18.0 Å². The van der Waals surface area contributed by atoms with Gasteiger partial charge in [0.05, 0.1) is 18.6 Å². The first-order valence-electron chi connectivity index (χ1n) is 12.6. The fourth-order valence-corrected chi connectivity index (χ4v) is 5.26. The van der Waals surface area contributed by atoms with Gasteiger partial charge in [0.2, 0.25) is 21.8 Å². The Bertz CT molecular complexity index is 1170. The van der Waals surface area contributed by atoms with Crippen LogP contribution in [0.1, 0.15) is 52.5 Å². The summed E-state index contributed by atoms with van der Waals surface area (Å²) in [6.07, 6.45) is 2.13. The van der Waals surface area contributed by atoms with Crippen molar-refractivity contribution >= 4 is 50.7 Å². The minimum atomic E-state index is -3.60. The average Bonchev–Trinajstić information content (AvgIpc) is 2.86. The number of hydrogen-bond donors (Lipinski definition) is 1. The fourth-order valence-electron chi connectivity index (χ4n) is 3.78. The van der Waals surface area contributed by atoms with Crippen LogP contribution in [-0.2, 0) is 26.2 Å². The average molecular weight is 587 g/mol. The van der Waals surface area contributed by atoms with Crippen LogP contribution in [0.25, 0.3) is 0 Å². The number of benzene rings is 2. The molecule has 0 bridgehead atoms. The second kappa shape index (κ2) is 14.6. The van der Waals surface area contributed by atoms with Crippen molar-refractivity contribution in [3.05, 3.63) is 58.1 Å². The number of hydrogen-bond acceptors (Lipinski definition) is 5. The van der Waals surface area contributed by atoms with Gasteiger partial charge in [-0.05, 0) is 70.0 Å². The van der Waals surface area contributed by atoms with Crippen molar-refractivity contribution in [2.24, 2.45) is 0 Å². The number of sulfonamides is 1. The van der Waals surface area contributed by atoms with Crippen LogP contribution in [0.4, 0.5) is 5.69 Å². The second-order valence-corrected chi connectivity index (χ2v) is 11.8. The molecule has 0 unspecified atom stereocenters. The van der Waals surface area contributed by atoms with Crippen molar-refractivity contribution < 1.29 is 22.7 Å². The molecule has 0 heterocycles. The molecule has 2 aromatic rings. The molecule has 2 atom stereocenters. The molecule has 0 saturated heterocycles. The van der Waals surface area contributed by atoms with Crippen LogP contribution in [-0.4, -0.2) is 56.6 Å². The molecule has 0 radical (unpaired) electrons. The van der Waals surface area contributed by atoms with Crippen LogP contribution in [0.15, 0.2) is 42.5 Å². The zero-order valence-electron chi connectivity index (χ0n) is 22.5. The van der Waals surface area contributed by atoms with Gasteiger partial charge in [-0.2, -0.15) is 0 Å². The van der Waals surface area contributed by atoms with Crippen molar-refractivity contribution in [3.63, 3.8) is 0 Å². The largest absolute Gasteiger partial charge is 0.494 e.